The standard InChI is InChI=1S/C21H25ClN2O3S/c1-4-24(5-2)17-8-11-19(15(3)14-17)23-20(25)21(12-13-21)28(26,27)18-9-6-16(22)7-10-18/h6-11,14H,4-5,12-13H2,1-3H3,(H,23,25). The van der Waals surface area contributed by atoms with Crippen molar-refractivity contribution >= 4 is 38.7 Å². The quantitative estimate of drug-likeness (QED) is 0.719. The monoisotopic (exact) mass is 420 g/mol. The molecule has 0 atom stereocenters. The molecular formula is C21H25ClN2O3S. The SMILES string of the molecule is CCN(CC)c1ccc(NC(=O)C2(S(=O)(=O)c3ccc(Cl)cc3)CC2)c(C)c1. The third-order valence-electron chi connectivity index (χ3n) is 5.34. The summed E-state index contributed by atoms with van der Waals surface area (Å²) >= 11 is 5.86. The predicted octanol–water partition coefficient (Wildman–Crippen LogP) is 4.44. The summed E-state index contributed by atoms with van der Waals surface area (Å²) < 4.78 is 24.7. The number of anilines is 2. The van der Waals surface area contributed by atoms with E-state index in [0.717, 1.165) is 24.3 Å². The zero-order valence-corrected chi connectivity index (χ0v) is 17.9. The minimum Gasteiger partial charge on any atom is -0.372 e. The van der Waals surface area contributed by atoms with Gasteiger partial charge in [0.25, 0.3) is 0 Å². The maximum Gasteiger partial charge on any atom is 0.246 e. The van der Waals surface area contributed by atoms with Crippen LogP contribution in [0.25, 0.3) is 0 Å². The van der Waals surface area contributed by atoms with Crippen molar-refractivity contribution in [3.8, 4) is 0 Å². The first-order chi connectivity index (χ1) is 13.2. The van der Waals surface area contributed by atoms with Crippen LogP contribution in [0, 0.1) is 6.92 Å². The van der Waals surface area contributed by atoms with E-state index in [0.29, 0.717) is 23.6 Å². The van der Waals surface area contributed by atoms with Crippen LogP contribution in [0.3, 0.4) is 0 Å². The Morgan fingerprint density at radius 3 is 2.21 bits per heavy atom. The van der Waals surface area contributed by atoms with E-state index in [1.54, 1.807) is 0 Å². The molecule has 0 heterocycles. The van der Waals surface area contributed by atoms with Gasteiger partial charge in [-0.1, -0.05) is 11.6 Å². The molecule has 1 fully saturated rings. The fourth-order valence-corrected chi connectivity index (χ4v) is 5.39. The summed E-state index contributed by atoms with van der Waals surface area (Å²) in [5.41, 5.74) is 2.62. The minimum absolute atomic E-state index is 0.123. The van der Waals surface area contributed by atoms with E-state index in [2.05, 4.69) is 24.1 Å². The van der Waals surface area contributed by atoms with Crippen molar-refractivity contribution < 1.29 is 13.2 Å². The van der Waals surface area contributed by atoms with E-state index in [1.165, 1.54) is 24.3 Å². The number of hydrogen-bond donors (Lipinski definition) is 1. The lowest BCUT2D eigenvalue weighted by Crippen LogP contribution is -2.37. The van der Waals surface area contributed by atoms with E-state index in [4.69, 9.17) is 11.6 Å². The van der Waals surface area contributed by atoms with Crippen LogP contribution in [0.2, 0.25) is 5.02 Å². The largest absolute Gasteiger partial charge is 0.372 e. The molecular weight excluding hydrogens is 396 g/mol. The molecule has 2 aromatic carbocycles. The number of halogens is 1. The second kappa shape index (κ2) is 7.76. The molecule has 0 bridgehead atoms. The molecule has 150 valence electrons. The van der Waals surface area contributed by atoms with Gasteiger partial charge in [0.15, 0.2) is 14.6 Å². The maximum absolute atomic E-state index is 13.1. The minimum atomic E-state index is -3.78. The topological polar surface area (TPSA) is 66.5 Å². The van der Waals surface area contributed by atoms with Gasteiger partial charge in [-0.2, -0.15) is 0 Å². The van der Waals surface area contributed by atoms with Crippen molar-refractivity contribution in [2.45, 2.75) is 43.3 Å². The molecule has 1 aliphatic carbocycles. The van der Waals surface area contributed by atoms with Gasteiger partial charge in [-0.3, -0.25) is 4.79 Å². The summed E-state index contributed by atoms with van der Waals surface area (Å²) in [7, 11) is -3.78. The summed E-state index contributed by atoms with van der Waals surface area (Å²) in [4.78, 5) is 15.3. The van der Waals surface area contributed by atoms with Crippen LogP contribution in [0.4, 0.5) is 11.4 Å². The number of amides is 1. The van der Waals surface area contributed by atoms with Gasteiger partial charge in [0.2, 0.25) is 5.91 Å². The molecule has 3 rings (SSSR count). The van der Waals surface area contributed by atoms with Crippen LogP contribution < -0.4 is 10.2 Å². The summed E-state index contributed by atoms with van der Waals surface area (Å²) in [6, 6.07) is 11.8. The van der Waals surface area contributed by atoms with Crippen molar-refractivity contribution in [3.05, 3.63) is 53.1 Å². The predicted molar refractivity (Wildman–Crippen MR) is 114 cm³/mol. The summed E-state index contributed by atoms with van der Waals surface area (Å²) in [6.45, 7) is 7.88. The average Bonchev–Trinajstić information content (AvgIpc) is 3.48. The van der Waals surface area contributed by atoms with Gasteiger partial charge < -0.3 is 10.2 Å². The second-order valence-corrected chi connectivity index (χ2v) is 9.77. The van der Waals surface area contributed by atoms with Gasteiger partial charge in [-0.05, 0) is 81.6 Å². The molecule has 1 aliphatic rings. The molecule has 0 unspecified atom stereocenters. The van der Waals surface area contributed by atoms with Gasteiger partial charge in [-0.15, -0.1) is 0 Å². The van der Waals surface area contributed by atoms with Crippen molar-refractivity contribution in [2.75, 3.05) is 23.3 Å². The van der Waals surface area contributed by atoms with Gasteiger partial charge in [0.1, 0.15) is 0 Å². The number of benzene rings is 2. The molecule has 0 aliphatic heterocycles. The highest BCUT2D eigenvalue weighted by Gasteiger charge is 2.61. The smallest absolute Gasteiger partial charge is 0.246 e. The first kappa shape index (κ1) is 20.7. The Bertz CT molecular complexity index is 979. The number of carbonyl (C=O) groups excluding carboxylic acids is 1. The zero-order chi connectivity index (χ0) is 20.5. The maximum atomic E-state index is 13.1. The lowest BCUT2D eigenvalue weighted by molar-refractivity contribution is -0.116. The molecule has 7 heteroatoms. The fraction of sp³-hybridized carbons (Fsp3) is 0.381. The van der Waals surface area contributed by atoms with Gasteiger partial charge >= 0.3 is 0 Å². The molecule has 0 saturated heterocycles. The van der Waals surface area contributed by atoms with E-state index in [9.17, 15) is 13.2 Å². The summed E-state index contributed by atoms with van der Waals surface area (Å²) in [6.07, 6.45) is 0.640. The molecule has 2 aromatic rings. The number of nitrogens with zero attached hydrogens (tertiary/aromatic N) is 1. The first-order valence-corrected chi connectivity index (χ1v) is 11.3. The van der Waals surface area contributed by atoms with Crippen molar-refractivity contribution in [1.29, 1.82) is 0 Å². The fourth-order valence-electron chi connectivity index (χ4n) is 3.38. The normalized spacial score (nSPS) is 15.1. The molecule has 0 spiro atoms. The Labute approximate surface area is 171 Å². The highest BCUT2D eigenvalue weighted by Crippen LogP contribution is 2.47. The van der Waals surface area contributed by atoms with Crippen LogP contribution in [0.1, 0.15) is 32.3 Å². The number of carbonyl (C=O) groups is 1. The molecule has 1 N–H and O–H groups in total. The molecule has 1 amide bonds. The van der Waals surface area contributed by atoms with Crippen LogP contribution >= 0.6 is 11.6 Å². The Kier molecular flexibility index (Phi) is 5.73. The van der Waals surface area contributed by atoms with Crippen molar-refractivity contribution in [3.63, 3.8) is 0 Å². The van der Waals surface area contributed by atoms with Gasteiger partial charge in [0, 0.05) is 29.5 Å². The third-order valence-corrected chi connectivity index (χ3v) is 8.11. The molecule has 0 radical (unpaired) electrons. The molecule has 1 saturated carbocycles. The van der Waals surface area contributed by atoms with Crippen LogP contribution in [-0.4, -0.2) is 32.2 Å². The Hall–Kier alpha value is -2.05. The van der Waals surface area contributed by atoms with E-state index in [1.807, 2.05) is 25.1 Å². The Morgan fingerprint density at radius 1 is 1.11 bits per heavy atom. The number of rotatable bonds is 7. The number of sulfone groups is 1. The zero-order valence-electron chi connectivity index (χ0n) is 16.3. The third kappa shape index (κ3) is 3.63. The van der Waals surface area contributed by atoms with Crippen LogP contribution in [0.5, 0.6) is 0 Å². The molecule has 5 nitrogen and oxygen atoms in total. The number of aryl methyl sites for hydroxylation is 1. The summed E-state index contributed by atoms with van der Waals surface area (Å²) in [5, 5.41) is 3.30. The van der Waals surface area contributed by atoms with E-state index >= 15 is 0 Å². The van der Waals surface area contributed by atoms with E-state index in [-0.39, 0.29) is 4.90 Å². The summed E-state index contributed by atoms with van der Waals surface area (Å²) in [5.74, 6) is -0.471. The van der Waals surface area contributed by atoms with Crippen LogP contribution in [-0.2, 0) is 14.6 Å². The second-order valence-electron chi connectivity index (χ2n) is 7.08. The van der Waals surface area contributed by atoms with Crippen molar-refractivity contribution in [1.82, 2.24) is 0 Å². The first-order valence-electron chi connectivity index (χ1n) is 9.42. The number of hydrogen-bond acceptors (Lipinski definition) is 4. The Balaban J connectivity index is 1.84. The Morgan fingerprint density at radius 2 is 1.71 bits per heavy atom. The number of nitrogens with one attached hydrogen (secondary N) is 1. The molecule has 0 aromatic heterocycles. The average molecular weight is 421 g/mol. The lowest BCUT2D eigenvalue weighted by atomic mass is 10.1. The van der Waals surface area contributed by atoms with Gasteiger partial charge in [-0.25, -0.2) is 8.42 Å². The van der Waals surface area contributed by atoms with Gasteiger partial charge in [0.05, 0.1) is 4.90 Å². The highest BCUT2D eigenvalue weighted by atomic mass is 35.5. The van der Waals surface area contributed by atoms with E-state index < -0.39 is 20.5 Å². The van der Waals surface area contributed by atoms with Crippen LogP contribution in [0.15, 0.2) is 47.4 Å². The molecule has 28 heavy (non-hydrogen) atoms. The highest BCUT2D eigenvalue weighted by molar-refractivity contribution is 7.94. The lowest BCUT2D eigenvalue weighted by Gasteiger charge is -2.23. The van der Waals surface area contributed by atoms with Crippen molar-refractivity contribution in [2.24, 2.45) is 0 Å².